The zero-order valence-electron chi connectivity index (χ0n) is 10.9. The average molecular weight is 241 g/mol. The monoisotopic (exact) mass is 241 g/mol. The predicted octanol–water partition coefficient (Wildman–Crippen LogP) is 2.38. The second-order valence-corrected chi connectivity index (χ2v) is 10.7. The maximum atomic E-state index is 11.8. The van der Waals surface area contributed by atoms with Crippen LogP contribution in [0.4, 0.5) is 0 Å². The lowest BCUT2D eigenvalue weighted by Gasteiger charge is -2.47. The zero-order valence-corrected chi connectivity index (χ0v) is 11.9. The number of hydrogen-bond donors (Lipinski definition) is 0. The van der Waals surface area contributed by atoms with E-state index in [0.717, 1.165) is 25.8 Å². The van der Waals surface area contributed by atoms with E-state index in [1.54, 1.807) is 0 Å². The van der Waals surface area contributed by atoms with Crippen molar-refractivity contribution in [2.24, 2.45) is 0 Å². The molecule has 2 fully saturated rings. The third-order valence-electron chi connectivity index (χ3n) is 3.65. The molecular formula is C12H23NO2Si. The summed E-state index contributed by atoms with van der Waals surface area (Å²) in [4.78, 5) is 13.9. The van der Waals surface area contributed by atoms with Gasteiger partial charge < -0.3 is 9.33 Å². The van der Waals surface area contributed by atoms with Gasteiger partial charge in [0.2, 0.25) is 5.91 Å². The summed E-state index contributed by atoms with van der Waals surface area (Å²) in [6.45, 7) is 9.84. The summed E-state index contributed by atoms with van der Waals surface area (Å²) in [7, 11) is -1.54. The molecule has 16 heavy (non-hydrogen) atoms. The molecule has 3 nitrogen and oxygen atoms in total. The Morgan fingerprint density at radius 1 is 1.44 bits per heavy atom. The van der Waals surface area contributed by atoms with Crippen molar-refractivity contribution in [3.8, 4) is 0 Å². The summed E-state index contributed by atoms with van der Waals surface area (Å²) in [5, 5.41) is 0. The topological polar surface area (TPSA) is 29.5 Å². The Hall–Kier alpha value is -0.353. The van der Waals surface area contributed by atoms with Crippen LogP contribution in [0.2, 0.25) is 19.6 Å². The van der Waals surface area contributed by atoms with Gasteiger partial charge in [-0.05, 0) is 45.8 Å². The fourth-order valence-electron chi connectivity index (χ4n) is 3.18. The number of carbonyl (C=O) groups is 1. The third-order valence-corrected chi connectivity index (χ3v) is 4.73. The number of fused-ring (bicyclic) bond motifs is 1. The highest BCUT2D eigenvalue weighted by atomic mass is 28.4. The second kappa shape index (κ2) is 3.84. The molecule has 2 saturated heterocycles. The molecule has 92 valence electrons. The van der Waals surface area contributed by atoms with Gasteiger partial charge in [-0.15, -0.1) is 0 Å². The fraction of sp³-hybridized carbons (Fsp3) is 0.917. The second-order valence-electron chi connectivity index (χ2n) is 6.27. The normalized spacial score (nSPS) is 35.4. The van der Waals surface area contributed by atoms with Crippen LogP contribution in [0.15, 0.2) is 0 Å². The highest BCUT2D eigenvalue weighted by molar-refractivity contribution is 6.69. The molecule has 2 heterocycles. The van der Waals surface area contributed by atoms with Gasteiger partial charge in [-0.3, -0.25) is 4.79 Å². The molecule has 0 aliphatic carbocycles. The Kier molecular flexibility index (Phi) is 2.91. The van der Waals surface area contributed by atoms with Gasteiger partial charge in [-0.1, -0.05) is 0 Å². The van der Waals surface area contributed by atoms with Gasteiger partial charge in [0.05, 0.1) is 11.6 Å². The molecule has 2 aliphatic heterocycles. The van der Waals surface area contributed by atoms with Gasteiger partial charge >= 0.3 is 0 Å². The van der Waals surface area contributed by atoms with E-state index in [4.69, 9.17) is 4.43 Å². The first kappa shape index (κ1) is 12.1. The minimum Gasteiger partial charge on any atom is -0.410 e. The van der Waals surface area contributed by atoms with Crippen molar-refractivity contribution in [2.75, 3.05) is 6.54 Å². The van der Waals surface area contributed by atoms with Gasteiger partial charge in [0.25, 0.3) is 0 Å². The lowest BCUT2D eigenvalue weighted by atomic mass is 9.86. The number of hydrogen-bond acceptors (Lipinski definition) is 2. The Balaban J connectivity index is 2.18. The highest BCUT2D eigenvalue weighted by Gasteiger charge is 2.48. The minimum atomic E-state index is -1.54. The first-order valence-corrected chi connectivity index (χ1v) is 9.72. The minimum absolute atomic E-state index is 0.0884. The molecule has 0 spiro atoms. The largest absolute Gasteiger partial charge is 0.410 e. The van der Waals surface area contributed by atoms with Crippen LogP contribution in [0.1, 0.15) is 32.6 Å². The van der Waals surface area contributed by atoms with E-state index in [2.05, 4.69) is 31.5 Å². The van der Waals surface area contributed by atoms with Gasteiger partial charge in [-0.25, -0.2) is 0 Å². The van der Waals surface area contributed by atoms with E-state index in [1.807, 2.05) is 0 Å². The lowest BCUT2D eigenvalue weighted by molar-refractivity contribution is -0.144. The molecule has 2 rings (SSSR count). The third kappa shape index (κ3) is 2.18. The van der Waals surface area contributed by atoms with Gasteiger partial charge in [0.1, 0.15) is 0 Å². The zero-order chi connectivity index (χ0) is 12.0. The Morgan fingerprint density at radius 2 is 2.12 bits per heavy atom. The Labute approximate surface area is 99.3 Å². The van der Waals surface area contributed by atoms with Crippen LogP contribution in [-0.2, 0) is 9.22 Å². The van der Waals surface area contributed by atoms with Crippen LogP contribution in [0.25, 0.3) is 0 Å². The number of amides is 1. The van der Waals surface area contributed by atoms with Crippen LogP contribution in [0.3, 0.4) is 0 Å². The molecule has 0 radical (unpaired) electrons. The summed E-state index contributed by atoms with van der Waals surface area (Å²) in [5.74, 6) is 0.333. The molecule has 0 aromatic carbocycles. The fourth-order valence-corrected chi connectivity index (χ4v) is 4.82. The Bertz CT molecular complexity index is 300. The first-order valence-electron chi connectivity index (χ1n) is 6.31. The number of rotatable bonds is 2. The van der Waals surface area contributed by atoms with Crippen molar-refractivity contribution < 1.29 is 9.22 Å². The van der Waals surface area contributed by atoms with E-state index in [9.17, 15) is 4.79 Å². The molecule has 0 N–H and O–H groups in total. The van der Waals surface area contributed by atoms with Crippen molar-refractivity contribution in [1.82, 2.24) is 4.90 Å². The Morgan fingerprint density at radius 3 is 2.75 bits per heavy atom. The number of carbonyl (C=O) groups excluding carboxylic acids is 1. The molecule has 0 saturated carbocycles. The van der Waals surface area contributed by atoms with Crippen molar-refractivity contribution in [2.45, 2.75) is 63.9 Å². The molecule has 2 aliphatic rings. The maximum Gasteiger partial charge on any atom is 0.223 e. The SMILES string of the molecule is C[C@@]1(O[Si](C)(C)C)CCC(=O)N2CCC[C@H]21. The standard InChI is InChI=1S/C12H23NO2Si/c1-12(15-16(2,3)4)8-7-11(14)13-9-5-6-10(12)13/h10H,5-9H2,1-4H3/t10-,12+/m0/s1. The van der Waals surface area contributed by atoms with Crippen LogP contribution in [-0.4, -0.2) is 37.3 Å². The molecule has 2 atom stereocenters. The first-order chi connectivity index (χ1) is 7.32. The molecule has 0 bridgehead atoms. The van der Waals surface area contributed by atoms with E-state index in [-0.39, 0.29) is 5.60 Å². The van der Waals surface area contributed by atoms with Crippen molar-refractivity contribution in [3.63, 3.8) is 0 Å². The van der Waals surface area contributed by atoms with Gasteiger partial charge in [0.15, 0.2) is 8.32 Å². The van der Waals surface area contributed by atoms with Crippen molar-refractivity contribution in [3.05, 3.63) is 0 Å². The summed E-state index contributed by atoms with van der Waals surface area (Å²) in [5.41, 5.74) is -0.0884. The highest BCUT2D eigenvalue weighted by Crippen LogP contribution is 2.39. The van der Waals surface area contributed by atoms with Crippen LogP contribution >= 0.6 is 0 Å². The average Bonchev–Trinajstić information content (AvgIpc) is 2.59. The van der Waals surface area contributed by atoms with E-state index < -0.39 is 8.32 Å². The molecule has 1 amide bonds. The van der Waals surface area contributed by atoms with E-state index in [0.29, 0.717) is 18.4 Å². The van der Waals surface area contributed by atoms with Gasteiger partial charge in [0, 0.05) is 13.0 Å². The molecule has 0 aromatic heterocycles. The van der Waals surface area contributed by atoms with Crippen LogP contribution in [0.5, 0.6) is 0 Å². The van der Waals surface area contributed by atoms with E-state index >= 15 is 0 Å². The molecule has 0 aromatic rings. The summed E-state index contributed by atoms with van der Waals surface area (Å²) in [6, 6.07) is 0.334. The lowest BCUT2D eigenvalue weighted by Crippen LogP contribution is -2.58. The number of nitrogens with zero attached hydrogens (tertiary/aromatic N) is 1. The molecular weight excluding hydrogens is 218 g/mol. The predicted molar refractivity (Wildman–Crippen MR) is 66.8 cm³/mol. The van der Waals surface area contributed by atoms with Crippen LogP contribution < -0.4 is 0 Å². The van der Waals surface area contributed by atoms with Gasteiger partial charge in [-0.2, -0.15) is 0 Å². The van der Waals surface area contributed by atoms with Crippen LogP contribution in [0, 0.1) is 0 Å². The summed E-state index contributed by atoms with van der Waals surface area (Å²) < 4.78 is 6.37. The summed E-state index contributed by atoms with van der Waals surface area (Å²) >= 11 is 0. The smallest absolute Gasteiger partial charge is 0.223 e. The quantitative estimate of drug-likeness (QED) is 0.695. The summed E-state index contributed by atoms with van der Waals surface area (Å²) in [6.07, 6.45) is 3.82. The van der Waals surface area contributed by atoms with E-state index in [1.165, 1.54) is 0 Å². The maximum absolute atomic E-state index is 11.8. The molecule has 0 unspecified atom stereocenters. The molecule has 4 heteroatoms. The van der Waals surface area contributed by atoms with Crippen molar-refractivity contribution in [1.29, 1.82) is 0 Å². The number of piperidine rings is 1. The van der Waals surface area contributed by atoms with Crippen molar-refractivity contribution >= 4 is 14.2 Å².